The van der Waals surface area contributed by atoms with E-state index >= 15 is 0 Å². The van der Waals surface area contributed by atoms with Gasteiger partial charge in [0.15, 0.2) is 0 Å². The maximum Gasteiger partial charge on any atom is 0.144 e. The van der Waals surface area contributed by atoms with Gasteiger partial charge in [-0.3, -0.25) is 0 Å². The average Bonchev–Trinajstić information content (AvgIpc) is 2.20. The molecule has 0 fully saturated rings. The molecular formula is C10H15ClN2O. The number of aromatic nitrogens is 1. The summed E-state index contributed by atoms with van der Waals surface area (Å²) >= 11 is 5.93. The first-order chi connectivity index (χ1) is 6.65. The summed E-state index contributed by atoms with van der Waals surface area (Å²) in [7, 11) is 0. The molecule has 0 aliphatic rings. The van der Waals surface area contributed by atoms with Crippen molar-refractivity contribution in [3.8, 4) is 0 Å². The van der Waals surface area contributed by atoms with Crippen molar-refractivity contribution in [3.63, 3.8) is 0 Å². The van der Waals surface area contributed by atoms with E-state index in [0.717, 1.165) is 0 Å². The molecule has 2 atom stereocenters. The number of hydrogen-bond acceptors (Lipinski definition) is 3. The Kier molecular flexibility index (Phi) is 4.17. The summed E-state index contributed by atoms with van der Waals surface area (Å²) in [6.45, 7) is 4.11. The molecule has 1 heterocycles. The average molecular weight is 215 g/mol. The third-order valence-electron chi connectivity index (χ3n) is 2.26. The maximum absolute atomic E-state index is 8.96. The Bertz CT molecular complexity index is 293. The van der Waals surface area contributed by atoms with E-state index in [1.165, 1.54) is 0 Å². The fourth-order valence-corrected chi connectivity index (χ4v) is 1.18. The lowest BCUT2D eigenvalue weighted by Gasteiger charge is -2.20. The zero-order valence-electron chi connectivity index (χ0n) is 8.37. The van der Waals surface area contributed by atoms with Crippen LogP contribution < -0.4 is 5.32 Å². The fourth-order valence-electron chi connectivity index (χ4n) is 1.01. The smallest absolute Gasteiger partial charge is 0.144 e. The molecule has 2 unspecified atom stereocenters. The molecule has 1 rings (SSSR count). The van der Waals surface area contributed by atoms with Gasteiger partial charge in [-0.1, -0.05) is 18.5 Å². The minimum atomic E-state index is 0.146. The van der Waals surface area contributed by atoms with Gasteiger partial charge in [-0.25, -0.2) is 4.98 Å². The van der Waals surface area contributed by atoms with Gasteiger partial charge in [0.1, 0.15) is 5.82 Å². The van der Waals surface area contributed by atoms with Gasteiger partial charge in [0.2, 0.25) is 0 Å². The van der Waals surface area contributed by atoms with E-state index in [0.29, 0.717) is 10.8 Å². The van der Waals surface area contributed by atoms with Crippen LogP contribution in [-0.2, 0) is 0 Å². The predicted molar refractivity (Wildman–Crippen MR) is 58.6 cm³/mol. The fraction of sp³-hybridized carbons (Fsp3) is 0.500. The summed E-state index contributed by atoms with van der Waals surface area (Å²) in [6.07, 6.45) is 1.69. The second-order valence-electron chi connectivity index (χ2n) is 3.43. The monoisotopic (exact) mass is 214 g/mol. The summed E-state index contributed by atoms with van der Waals surface area (Å²) in [5.74, 6) is 0.843. The minimum absolute atomic E-state index is 0.146. The van der Waals surface area contributed by atoms with Crippen molar-refractivity contribution < 1.29 is 5.11 Å². The number of anilines is 1. The van der Waals surface area contributed by atoms with E-state index in [1.54, 1.807) is 18.3 Å². The van der Waals surface area contributed by atoms with Crippen LogP contribution in [0, 0.1) is 5.92 Å². The number of halogens is 1. The summed E-state index contributed by atoms with van der Waals surface area (Å²) in [6, 6.07) is 3.72. The van der Waals surface area contributed by atoms with E-state index in [4.69, 9.17) is 16.7 Å². The standard InChI is InChI=1S/C10H15ClN2O/c1-7(6-14)8(2)13-10-9(11)4-3-5-12-10/h3-5,7-8,14H,6H2,1-2H3,(H,12,13). The summed E-state index contributed by atoms with van der Waals surface area (Å²) < 4.78 is 0. The third kappa shape index (κ3) is 2.86. The van der Waals surface area contributed by atoms with Crippen molar-refractivity contribution >= 4 is 17.4 Å². The molecule has 0 radical (unpaired) electrons. The normalized spacial score (nSPS) is 14.9. The molecule has 14 heavy (non-hydrogen) atoms. The predicted octanol–water partition coefficient (Wildman–Crippen LogP) is 2.16. The molecule has 0 spiro atoms. The number of rotatable bonds is 4. The highest BCUT2D eigenvalue weighted by atomic mass is 35.5. The summed E-state index contributed by atoms with van der Waals surface area (Å²) in [5, 5.41) is 12.7. The van der Waals surface area contributed by atoms with Crippen LogP contribution in [0.25, 0.3) is 0 Å². The van der Waals surface area contributed by atoms with E-state index in [2.05, 4.69) is 10.3 Å². The van der Waals surface area contributed by atoms with Crippen LogP contribution in [-0.4, -0.2) is 22.7 Å². The molecule has 0 aromatic carbocycles. The maximum atomic E-state index is 8.96. The van der Waals surface area contributed by atoms with E-state index < -0.39 is 0 Å². The molecule has 4 heteroatoms. The highest BCUT2D eigenvalue weighted by Gasteiger charge is 2.12. The second-order valence-corrected chi connectivity index (χ2v) is 3.83. The zero-order valence-corrected chi connectivity index (χ0v) is 9.12. The van der Waals surface area contributed by atoms with Gasteiger partial charge in [-0.05, 0) is 25.0 Å². The van der Waals surface area contributed by atoms with Gasteiger partial charge in [-0.2, -0.15) is 0 Å². The molecule has 0 aliphatic heterocycles. The molecule has 3 nitrogen and oxygen atoms in total. The van der Waals surface area contributed by atoms with Crippen molar-refractivity contribution in [1.82, 2.24) is 4.98 Å². The lowest BCUT2D eigenvalue weighted by Crippen LogP contribution is -2.26. The zero-order chi connectivity index (χ0) is 10.6. The highest BCUT2D eigenvalue weighted by Crippen LogP contribution is 2.19. The Morgan fingerprint density at radius 2 is 2.29 bits per heavy atom. The van der Waals surface area contributed by atoms with Gasteiger partial charge in [-0.15, -0.1) is 0 Å². The lowest BCUT2D eigenvalue weighted by atomic mass is 10.1. The molecular weight excluding hydrogens is 200 g/mol. The third-order valence-corrected chi connectivity index (χ3v) is 2.57. The van der Waals surface area contributed by atoms with Gasteiger partial charge >= 0.3 is 0 Å². The Hall–Kier alpha value is -0.800. The first-order valence-corrected chi connectivity index (χ1v) is 5.01. The van der Waals surface area contributed by atoms with Crippen molar-refractivity contribution in [1.29, 1.82) is 0 Å². The van der Waals surface area contributed by atoms with Gasteiger partial charge in [0, 0.05) is 18.8 Å². The number of hydrogen-bond donors (Lipinski definition) is 2. The quantitative estimate of drug-likeness (QED) is 0.808. The largest absolute Gasteiger partial charge is 0.396 e. The Morgan fingerprint density at radius 3 is 2.86 bits per heavy atom. The Labute approximate surface area is 89.1 Å². The van der Waals surface area contributed by atoms with Gasteiger partial charge in [0.25, 0.3) is 0 Å². The first-order valence-electron chi connectivity index (χ1n) is 4.63. The molecule has 1 aromatic heterocycles. The molecule has 0 aliphatic carbocycles. The second kappa shape index (κ2) is 5.17. The number of aliphatic hydroxyl groups is 1. The number of aliphatic hydroxyl groups excluding tert-OH is 1. The number of nitrogens with zero attached hydrogens (tertiary/aromatic N) is 1. The van der Waals surface area contributed by atoms with Gasteiger partial charge < -0.3 is 10.4 Å². The molecule has 0 amide bonds. The van der Waals surface area contributed by atoms with Crippen molar-refractivity contribution in [2.45, 2.75) is 19.9 Å². The van der Waals surface area contributed by atoms with Crippen molar-refractivity contribution in [2.24, 2.45) is 5.92 Å². The van der Waals surface area contributed by atoms with E-state index in [-0.39, 0.29) is 18.6 Å². The Balaban J connectivity index is 2.64. The SMILES string of the molecule is CC(CO)C(C)Nc1ncccc1Cl. The van der Waals surface area contributed by atoms with Crippen LogP contribution >= 0.6 is 11.6 Å². The van der Waals surface area contributed by atoms with Crippen LogP contribution in [0.15, 0.2) is 18.3 Å². The molecule has 1 aromatic rings. The number of nitrogens with one attached hydrogen (secondary N) is 1. The molecule has 2 N–H and O–H groups in total. The Morgan fingerprint density at radius 1 is 1.57 bits per heavy atom. The van der Waals surface area contributed by atoms with Crippen LogP contribution in [0.2, 0.25) is 5.02 Å². The number of pyridine rings is 1. The van der Waals surface area contributed by atoms with Crippen LogP contribution in [0.1, 0.15) is 13.8 Å². The van der Waals surface area contributed by atoms with Crippen LogP contribution in [0.5, 0.6) is 0 Å². The van der Waals surface area contributed by atoms with E-state index in [9.17, 15) is 0 Å². The van der Waals surface area contributed by atoms with Crippen LogP contribution in [0.4, 0.5) is 5.82 Å². The molecule has 78 valence electrons. The highest BCUT2D eigenvalue weighted by molar-refractivity contribution is 6.32. The molecule has 0 bridgehead atoms. The molecule has 0 saturated heterocycles. The van der Waals surface area contributed by atoms with Crippen molar-refractivity contribution in [3.05, 3.63) is 23.4 Å². The minimum Gasteiger partial charge on any atom is -0.396 e. The van der Waals surface area contributed by atoms with Crippen LogP contribution in [0.3, 0.4) is 0 Å². The lowest BCUT2D eigenvalue weighted by molar-refractivity contribution is 0.226. The molecule has 0 saturated carbocycles. The van der Waals surface area contributed by atoms with Gasteiger partial charge in [0.05, 0.1) is 5.02 Å². The summed E-state index contributed by atoms with van der Waals surface area (Å²) in [5.41, 5.74) is 0. The van der Waals surface area contributed by atoms with Crippen molar-refractivity contribution in [2.75, 3.05) is 11.9 Å². The van der Waals surface area contributed by atoms with E-state index in [1.807, 2.05) is 13.8 Å². The summed E-state index contributed by atoms with van der Waals surface area (Å²) in [4.78, 5) is 4.11. The first kappa shape index (κ1) is 11.3. The topological polar surface area (TPSA) is 45.1 Å².